The van der Waals surface area contributed by atoms with Gasteiger partial charge in [0.1, 0.15) is 35.4 Å². The van der Waals surface area contributed by atoms with Gasteiger partial charge in [-0.1, -0.05) is 99.9 Å². The number of esters is 1. The summed E-state index contributed by atoms with van der Waals surface area (Å²) in [6.45, 7) is 24.2. The Morgan fingerprint density at radius 3 is 1.39 bits per heavy atom. The maximum Gasteiger partial charge on any atom is 0.306 e. The van der Waals surface area contributed by atoms with Gasteiger partial charge in [-0.2, -0.15) is 0 Å². The molecule has 0 spiro atoms. The molecule has 1 fully saturated rings. The number of cyclic esters (lactones) is 1. The molecule has 1 aliphatic heterocycles. The van der Waals surface area contributed by atoms with Gasteiger partial charge in [0.05, 0.1) is 0 Å². The second-order valence-electron chi connectivity index (χ2n) is 17.2. The fraction of sp³-hybridized carbons (Fsp3) is 0.453. The van der Waals surface area contributed by atoms with Gasteiger partial charge in [-0.05, 0) is 156 Å². The van der Waals surface area contributed by atoms with Crippen LogP contribution in [0.2, 0.25) is 0 Å². The number of carbonyl (C=O) groups is 1. The van der Waals surface area contributed by atoms with Crippen LogP contribution in [-0.2, 0) is 20.4 Å². The Balaban J connectivity index is 0.000000268. The quantitative estimate of drug-likeness (QED) is 0.103. The molecule has 0 amide bonds. The molecule has 1 saturated heterocycles. The third-order valence-corrected chi connectivity index (χ3v) is 11.8. The van der Waals surface area contributed by atoms with Gasteiger partial charge in [0.25, 0.3) is 0 Å². The van der Waals surface area contributed by atoms with E-state index in [1.807, 2.05) is 19.1 Å². The van der Waals surface area contributed by atoms with Crippen LogP contribution < -0.4 is 4.74 Å². The fourth-order valence-electron chi connectivity index (χ4n) is 8.05. The van der Waals surface area contributed by atoms with Crippen molar-refractivity contribution in [3.05, 3.63) is 128 Å². The zero-order valence-electron chi connectivity index (χ0n) is 37.5. The molecule has 0 aromatic heterocycles. The molecule has 0 bridgehead atoms. The van der Waals surface area contributed by atoms with Crippen LogP contribution in [0, 0.1) is 51.4 Å². The minimum atomic E-state index is -1.01. The second-order valence-corrected chi connectivity index (χ2v) is 17.2. The van der Waals surface area contributed by atoms with Crippen molar-refractivity contribution in [2.24, 2.45) is 0 Å². The molecule has 0 unspecified atom stereocenters. The SMILES string of the molecule is CCC(CC)(c1ccc(C#CC(C)(C)O)c(C)c1)c1ccc(OC[C@@H]2CCC(=O)O2)c(C)c1.CCC(CC)(c1ccc(O)c(C)c1)c1ccc(C#CC(C)(C)O)c(C)c1. The Morgan fingerprint density at radius 2 is 1.03 bits per heavy atom. The Kier molecular flexibility index (Phi) is 15.3. The van der Waals surface area contributed by atoms with Gasteiger partial charge in [-0.25, -0.2) is 0 Å². The van der Waals surface area contributed by atoms with E-state index in [1.54, 1.807) is 33.8 Å². The Morgan fingerprint density at radius 1 is 0.627 bits per heavy atom. The molecular weight excluding hydrogens is 733 g/mol. The predicted octanol–water partition coefficient (Wildman–Crippen LogP) is 10.9. The third-order valence-electron chi connectivity index (χ3n) is 11.8. The van der Waals surface area contributed by atoms with Crippen LogP contribution in [0.5, 0.6) is 11.5 Å². The molecular formula is C53H66O6. The molecule has 6 nitrogen and oxygen atoms in total. The number of ether oxygens (including phenoxy) is 2. The Bertz CT molecular complexity index is 2220. The number of aliphatic hydroxyl groups is 2. The van der Waals surface area contributed by atoms with Gasteiger partial charge >= 0.3 is 5.97 Å². The lowest BCUT2D eigenvalue weighted by molar-refractivity contribution is -0.142. The van der Waals surface area contributed by atoms with Crippen molar-refractivity contribution in [1.82, 2.24) is 0 Å². The highest BCUT2D eigenvalue weighted by atomic mass is 16.6. The first-order chi connectivity index (χ1) is 27.7. The predicted molar refractivity (Wildman–Crippen MR) is 240 cm³/mol. The van der Waals surface area contributed by atoms with Crippen LogP contribution in [0.1, 0.15) is 150 Å². The number of carbonyl (C=O) groups excluding carboxylic acids is 1. The normalized spacial score (nSPS) is 14.3. The maximum absolute atomic E-state index is 11.3. The number of benzene rings is 4. The highest BCUT2D eigenvalue weighted by Crippen LogP contribution is 2.42. The Labute approximate surface area is 354 Å². The largest absolute Gasteiger partial charge is 0.508 e. The summed E-state index contributed by atoms with van der Waals surface area (Å²) >= 11 is 0. The standard InChI is InChI=1S/C29H36O4.C24H30O2/c1-7-29(8-2,23-10-9-22(20(3)17-23)15-16-28(5,6)31)24-11-13-26(21(4)18-24)32-19-25-12-14-27(30)33-25;1-7-24(8-2,21-11-12-22(25)18(4)16-21)20-10-9-19(17(3)15-20)13-14-23(5,6)26/h9-11,13,17-18,25,31H,7-8,12,14,19H2,1-6H3;9-12,15-16,25-26H,7-8H2,1-6H3/t25-;/m0./s1. The zero-order valence-corrected chi connectivity index (χ0v) is 37.5. The second kappa shape index (κ2) is 19.4. The lowest BCUT2D eigenvalue weighted by Gasteiger charge is -2.34. The van der Waals surface area contributed by atoms with Crippen molar-refractivity contribution in [1.29, 1.82) is 0 Å². The lowest BCUT2D eigenvalue weighted by atomic mass is 9.70. The minimum Gasteiger partial charge on any atom is -0.508 e. The van der Waals surface area contributed by atoms with Gasteiger partial charge in [0.2, 0.25) is 0 Å². The molecule has 314 valence electrons. The van der Waals surface area contributed by atoms with E-state index in [9.17, 15) is 20.1 Å². The summed E-state index contributed by atoms with van der Waals surface area (Å²) in [4.78, 5) is 11.3. The summed E-state index contributed by atoms with van der Waals surface area (Å²) in [6, 6.07) is 25.2. The molecule has 3 N–H and O–H groups in total. The van der Waals surface area contributed by atoms with Crippen molar-refractivity contribution < 1.29 is 29.6 Å². The molecule has 0 radical (unpaired) electrons. The van der Waals surface area contributed by atoms with E-state index >= 15 is 0 Å². The van der Waals surface area contributed by atoms with Gasteiger partial charge in [0.15, 0.2) is 0 Å². The van der Waals surface area contributed by atoms with E-state index in [-0.39, 0.29) is 22.9 Å². The van der Waals surface area contributed by atoms with Crippen LogP contribution in [0.25, 0.3) is 0 Å². The van der Waals surface area contributed by atoms with E-state index in [4.69, 9.17) is 9.47 Å². The highest BCUT2D eigenvalue weighted by Gasteiger charge is 2.33. The summed E-state index contributed by atoms with van der Waals surface area (Å²) in [5.41, 5.74) is 8.89. The van der Waals surface area contributed by atoms with Crippen LogP contribution in [-0.4, -0.2) is 45.2 Å². The van der Waals surface area contributed by atoms with Gasteiger partial charge in [0, 0.05) is 28.4 Å². The van der Waals surface area contributed by atoms with E-state index in [0.717, 1.165) is 71.2 Å². The molecule has 1 heterocycles. The number of phenols is 1. The van der Waals surface area contributed by atoms with E-state index in [0.29, 0.717) is 18.8 Å². The number of aromatic hydroxyl groups is 1. The molecule has 6 heteroatoms. The van der Waals surface area contributed by atoms with Crippen molar-refractivity contribution >= 4 is 5.97 Å². The summed E-state index contributed by atoms with van der Waals surface area (Å²) in [5, 5.41) is 29.7. The van der Waals surface area contributed by atoms with Gasteiger partial charge in [-0.3, -0.25) is 4.79 Å². The van der Waals surface area contributed by atoms with Crippen molar-refractivity contribution in [2.45, 2.75) is 150 Å². The highest BCUT2D eigenvalue weighted by molar-refractivity contribution is 5.71. The first-order valence-electron chi connectivity index (χ1n) is 21.2. The van der Waals surface area contributed by atoms with Gasteiger partial charge in [-0.15, -0.1) is 0 Å². The number of phenolic OH excluding ortho intramolecular Hbond substituents is 1. The average Bonchev–Trinajstić information content (AvgIpc) is 3.60. The summed E-state index contributed by atoms with van der Waals surface area (Å²) in [5.74, 6) is 13.0. The molecule has 1 atom stereocenters. The summed E-state index contributed by atoms with van der Waals surface area (Å²) in [7, 11) is 0. The Hall–Kier alpha value is -5.01. The number of hydrogen-bond acceptors (Lipinski definition) is 6. The summed E-state index contributed by atoms with van der Waals surface area (Å²) in [6.07, 6.45) is 4.93. The number of aryl methyl sites for hydroxylation is 4. The molecule has 59 heavy (non-hydrogen) atoms. The van der Waals surface area contributed by atoms with E-state index < -0.39 is 11.2 Å². The minimum absolute atomic E-state index is 0.0918. The van der Waals surface area contributed by atoms with Crippen LogP contribution in [0.3, 0.4) is 0 Å². The van der Waals surface area contributed by atoms with Crippen molar-refractivity contribution in [3.63, 3.8) is 0 Å². The molecule has 4 aromatic carbocycles. The van der Waals surface area contributed by atoms with Crippen molar-refractivity contribution in [2.75, 3.05) is 6.61 Å². The smallest absolute Gasteiger partial charge is 0.306 e. The van der Waals surface area contributed by atoms with Crippen LogP contribution in [0.4, 0.5) is 0 Å². The molecule has 4 aromatic rings. The maximum atomic E-state index is 11.3. The molecule has 0 saturated carbocycles. The summed E-state index contributed by atoms with van der Waals surface area (Å²) < 4.78 is 11.2. The zero-order chi connectivity index (χ0) is 43.8. The first-order valence-corrected chi connectivity index (χ1v) is 21.2. The average molecular weight is 799 g/mol. The lowest BCUT2D eigenvalue weighted by Crippen LogP contribution is -2.26. The third kappa shape index (κ3) is 11.6. The van der Waals surface area contributed by atoms with E-state index in [1.165, 1.54) is 22.3 Å². The number of hydrogen-bond donors (Lipinski definition) is 3. The van der Waals surface area contributed by atoms with Crippen molar-refractivity contribution in [3.8, 4) is 35.2 Å². The monoisotopic (exact) mass is 798 g/mol. The first kappa shape index (κ1) is 46.7. The topological polar surface area (TPSA) is 96.2 Å². The molecule has 5 rings (SSSR count). The molecule has 1 aliphatic rings. The van der Waals surface area contributed by atoms with Gasteiger partial charge < -0.3 is 24.8 Å². The number of rotatable bonds is 11. The van der Waals surface area contributed by atoms with E-state index in [2.05, 4.69) is 127 Å². The fourth-order valence-corrected chi connectivity index (χ4v) is 8.05. The van der Waals surface area contributed by atoms with Crippen LogP contribution >= 0.6 is 0 Å². The molecule has 0 aliphatic carbocycles. The van der Waals surface area contributed by atoms with Crippen LogP contribution in [0.15, 0.2) is 72.8 Å².